The van der Waals surface area contributed by atoms with Gasteiger partial charge in [-0.15, -0.1) is 0 Å². The van der Waals surface area contributed by atoms with E-state index in [1.54, 1.807) is 18.3 Å². The van der Waals surface area contributed by atoms with E-state index in [4.69, 9.17) is 0 Å². The third kappa shape index (κ3) is 3.44. The van der Waals surface area contributed by atoms with E-state index in [-0.39, 0.29) is 5.91 Å². The van der Waals surface area contributed by atoms with Crippen molar-refractivity contribution in [3.05, 3.63) is 48.2 Å². The van der Waals surface area contributed by atoms with E-state index in [1.807, 2.05) is 24.3 Å². The molecule has 0 saturated heterocycles. The summed E-state index contributed by atoms with van der Waals surface area (Å²) in [5.41, 5.74) is 0.681. The lowest BCUT2D eigenvalue weighted by atomic mass is 10.2. The molecule has 0 aliphatic carbocycles. The van der Waals surface area contributed by atoms with Crippen LogP contribution in [0.1, 0.15) is 24.2 Å². The second kappa shape index (κ2) is 5.22. The van der Waals surface area contributed by atoms with Gasteiger partial charge in [0, 0.05) is 11.8 Å². The maximum Gasteiger partial charge on any atom is 0.255 e. The van der Waals surface area contributed by atoms with E-state index in [9.17, 15) is 4.79 Å². The van der Waals surface area contributed by atoms with Crippen molar-refractivity contribution in [2.24, 2.45) is 5.92 Å². The molecule has 0 aliphatic rings. The van der Waals surface area contributed by atoms with Crippen LogP contribution in [0.25, 0.3) is 0 Å². The quantitative estimate of drug-likeness (QED) is 0.778. The number of hydrogen-bond donors (Lipinski definition) is 1. The van der Waals surface area contributed by atoms with Crippen molar-refractivity contribution in [2.75, 3.05) is 0 Å². The molecule has 1 N–H and O–H groups in total. The lowest BCUT2D eigenvalue weighted by Crippen LogP contribution is -2.16. The standard InChI is InChI=1S/C12H15NO/c1-10(2)8-9-13-12(14)11-6-4-3-5-7-11/h3-10H,1-2H3,(H,13,14)/b9-8+. The van der Waals surface area contributed by atoms with Crippen molar-refractivity contribution in [1.82, 2.24) is 5.32 Å². The molecule has 0 bridgehead atoms. The van der Waals surface area contributed by atoms with Gasteiger partial charge < -0.3 is 5.32 Å². The third-order valence-corrected chi connectivity index (χ3v) is 1.73. The van der Waals surface area contributed by atoms with Crippen molar-refractivity contribution in [2.45, 2.75) is 13.8 Å². The van der Waals surface area contributed by atoms with Gasteiger partial charge >= 0.3 is 0 Å². The molecule has 74 valence electrons. The van der Waals surface area contributed by atoms with Gasteiger partial charge in [-0.2, -0.15) is 0 Å². The Kier molecular flexibility index (Phi) is 3.92. The Labute approximate surface area is 84.6 Å². The summed E-state index contributed by atoms with van der Waals surface area (Å²) >= 11 is 0. The molecule has 2 nitrogen and oxygen atoms in total. The highest BCUT2D eigenvalue weighted by Crippen LogP contribution is 1.98. The van der Waals surface area contributed by atoms with Crippen LogP contribution in [0.3, 0.4) is 0 Å². The topological polar surface area (TPSA) is 29.1 Å². The fourth-order valence-electron chi connectivity index (χ4n) is 0.989. The highest BCUT2D eigenvalue weighted by Gasteiger charge is 2.00. The summed E-state index contributed by atoms with van der Waals surface area (Å²) in [7, 11) is 0. The van der Waals surface area contributed by atoms with Crippen LogP contribution in [-0.4, -0.2) is 5.91 Å². The van der Waals surface area contributed by atoms with Crippen molar-refractivity contribution < 1.29 is 4.79 Å². The average Bonchev–Trinajstić information content (AvgIpc) is 2.18. The van der Waals surface area contributed by atoms with Crippen LogP contribution in [-0.2, 0) is 0 Å². The Bertz CT molecular complexity index is 314. The van der Waals surface area contributed by atoms with Gasteiger partial charge in [-0.1, -0.05) is 38.1 Å². The van der Waals surface area contributed by atoms with Gasteiger partial charge in [-0.25, -0.2) is 0 Å². The Morgan fingerprint density at radius 1 is 1.29 bits per heavy atom. The Morgan fingerprint density at radius 2 is 1.93 bits per heavy atom. The van der Waals surface area contributed by atoms with Crippen LogP contribution >= 0.6 is 0 Å². The molecule has 1 aromatic carbocycles. The normalized spacial score (nSPS) is 10.8. The first kappa shape index (κ1) is 10.5. The first-order chi connectivity index (χ1) is 6.70. The molecule has 14 heavy (non-hydrogen) atoms. The lowest BCUT2D eigenvalue weighted by molar-refractivity contribution is 0.0970. The van der Waals surface area contributed by atoms with Crippen LogP contribution in [0.15, 0.2) is 42.6 Å². The minimum absolute atomic E-state index is 0.0671. The number of nitrogens with one attached hydrogen (secondary N) is 1. The zero-order chi connectivity index (χ0) is 10.4. The van der Waals surface area contributed by atoms with Gasteiger partial charge in [-0.05, 0) is 18.1 Å². The highest BCUT2D eigenvalue weighted by molar-refractivity contribution is 5.94. The SMILES string of the molecule is CC(C)/C=C/NC(=O)c1ccccc1. The van der Waals surface area contributed by atoms with Gasteiger partial charge in [0.2, 0.25) is 0 Å². The van der Waals surface area contributed by atoms with Crippen molar-refractivity contribution in [3.8, 4) is 0 Å². The van der Waals surface area contributed by atoms with E-state index >= 15 is 0 Å². The van der Waals surface area contributed by atoms with Crippen LogP contribution in [0, 0.1) is 5.92 Å². The van der Waals surface area contributed by atoms with Crippen LogP contribution in [0.2, 0.25) is 0 Å². The second-order valence-corrected chi connectivity index (χ2v) is 3.44. The molecule has 0 atom stereocenters. The van der Waals surface area contributed by atoms with Crippen LogP contribution < -0.4 is 5.32 Å². The summed E-state index contributed by atoms with van der Waals surface area (Å²) < 4.78 is 0. The lowest BCUT2D eigenvalue weighted by Gasteiger charge is -1.99. The molecule has 0 unspecified atom stereocenters. The number of carbonyl (C=O) groups is 1. The molecule has 1 amide bonds. The third-order valence-electron chi connectivity index (χ3n) is 1.73. The Hall–Kier alpha value is -1.57. The Balaban J connectivity index is 2.52. The Morgan fingerprint density at radius 3 is 2.50 bits per heavy atom. The largest absolute Gasteiger partial charge is 0.329 e. The molecule has 0 saturated carbocycles. The zero-order valence-corrected chi connectivity index (χ0v) is 8.53. The maximum absolute atomic E-state index is 11.5. The number of benzene rings is 1. The highest BCUT2D eigenvalue weighted by atomic mass is 16.1. The average molecular weight is 189 g/mol. The van der Waals surface area contributed by atoms with Crippen LogP contribution in [0.5, 0.6) is 0 Å². The van der Waals surface area contributed by atoms with Crippen molar-refractivity contribution >= 4 is 5.91 Å². The molecule has 2 heteroatoms. The summed E-state index contributed by atoms with van der Waals surface area (Å²) in [6.45, 7) is 4.12. The fraction of sp³-hybridized carbons (Fsp3) is 0.250. The molecule has 1 aromatic rings. The van der Waals surface area contributed by atoms with Gasteiger partial charge in [0.15, 0.2) is 0 Å². The van der Waals surface area contributed by atoms with Crippen LogP contribution in [0.4, 0.5) is 0 Å². The molecule has 0 fully saturated rings. The maximum atomic E-state index is 11.5. The van der Waals surface area contributed by atoms with Crippen molar-refractivity contribution in [1.29, 1.82) is 0 Å². The summed E-state index contributed by atoms with van der Waals surface area (Å²) in [4.78, 5) is 11.5. The molecule has 0 radical (unpaired) electrons. The number of hydrogen-bond acceptors (Lipinski definition) is 1. The van der Waals surface area contributed by atoms with Crippen molar-refractivity contribution in [3.63, 3.8) is 0 Å². The van der Waals surface area contributed by atoms with E-state index in [0.717, 1.165) is 0 Å². The zero-order valence-electron chi connectivity index (χ0n) is 8.53. The summed E-state index contributed by atoms with van der Waals surface area (Å²) in [6.07, 6.45) is 3.64. The molecular formula is C12H15NO. The monoisotopic (exact) mass is 189 g/mol. The van der Waals surface area contributed by atoms with Gasteiger partial charge in [0.1, 0.15) is 0 Å². The van der Waals surface area contributed by atoms with E-state index in [2.05, 4.69) is 19.2 Å². The van der Waals surface area contributed by atoms with Gasteiger partial charge in [0.05, 0.1) is 0 Å². The molecule has 0 aliphatic heterocycles. The minimum Gasteiger partial charge on any atom is -0.329 e. The molecular weight excluding hydrogens is 174 g/mol. The predicted molar refractivity (Wildman–Crippen MR) is 57.9 cm³/mol. The van der Waals surface area contributed by atoms with Gasteiger partial charge in [-0.3, -0.25) is 4.79 Å². The van der Waals surface area contributed by atoms with E-state index in [0.29, 0.717) is 11.5 Å². The predicted octanol–water partition coefficient (Wildman–Crippen LogP) is 2.59. The second-order valence-electron chi connectivity index (χ2n) is 3.44. The number of carbonyl (C=O) groups excluding carboxylic acids is 1. The summed E-state index contributed by atoms with van der Waals surface area (Å²) in [5, 5.41) is 2.71. The van der Waals surface area contributed by atoms with E-state index in [1.165, 1.54) is 0 Å². The summed E-state index contributed by atoms with van der Waals surface area (Å²) in [5.74, 6) is 0.383. The van der Waals surface area contributed by atoms with Gasteiger partial charge in [0.25, 0.3) is 5.91 Å². The smallest absolute Gasteiger partial charge is 0.255 e. The first-order valence-corrected chi connectivity index (χ1v) is 4.72. The molecule has 1 rings (SSSR count). The first-order valence-electron chi connectivity index (χ1n) is 4.72. The minimum atomic E-state index is -0.0671. The molecule has 0 spiro atoms. The summed E-state index contributed by atoms with van der Waals surface area (Å²) in [6, 6.07) is 9.17. The number of rotatable bonds is 3. The number of amides is 1. The molecule has 0 aromatic heterocycles. The molecule has 0 heterocycles. The fourth-order valence-corrected chi connectivity index (χ4v) is 0.989. The van der Waals surface area contributed by atoms with E-state index < -0.39 is 0 Å². The number of allylic oxidation sites excluding steroid dienone is 1.